The first-order valence-electron chi connectivity index (χ1n) is 7.93. The molecule has 3 amide bonds. The van der Waals surface area contributed by atoms with Crippen molar-refractivity contribution in [1.29, 1.82) is 0 Å². The Balaban J connectivity index is 1.75. The minimum atomic E-state index is -0.929. The molecule has 1 aromatic rings. The minimum absolute atomic E-state index is 0.0397. The van der Waals surface area contributed by atoms with E-state index in [9.17, 15) is 19.6 Å². The molecule has 0 unspecified atom stereocenters. The number of hydrogen-bond donors (Lipinski definition) is 2. The van der Waals surface area contributed by atoms with Crippen LogP contribution >= 0.6 is 0 Å². The Hall–Kier alpha value is -2.64. The third kappa shape index (κ3) is 4.94. The Kier molecular flexibility index (Phi) is 6.11. The van der Waals surface area contributed by atoms with E-state index in [4.69, 9.17) is 4.74 Å². The fourth-order valence-electron chi connectivity index (χ4n) is 2.69. The molecule has 8 nitrogen and oxygen atoms in total. The molecule has 1 aliphatic rings. The lowest BCUT2D eigenvalue weighted by molar-refractivity contribution is -0.608. The second-order valence-electron chi connectivity index (χ2n) is 5.88. The zero-order valence-corrected chi connectivity index (χ0v) is 13.5. The van der Waals surface area contributed by atoms with Crippen LogP contribution < -0.4 is 15.4 Å². The molecule has 0 radical (unpaired) electrons. The number of imide groups is 1. The van der Waals surface area contributed by atoms with E-state index in [2.05, 4.69) is 17.6 Å². The average Bonchev–Trinajstić information content (AvgIpc) is 2.55. The summed E-state index contributed by atoms with van der Waals surface area (Å²) in [5.74, 6) is -1.32. The average molecular weight is 335 g/mol. The predicted molar refractivity (Wildman–Crippen MR) is 83.8 cm³/mol. The summed E-state index contributed by atoms with van der Waals surface area (Å²) >= 11 is 0. The number of pyridine rings is 1. The van der Waals surface area contributed by atoms with Crippen LogP contribution in [0.3, 0.4) is 0 Å². The highest BCUT2D eigenvalue weighted by molar-refractivity contribution is 5.96. The molecule has 0 bridgehead atoms. The Morgan fingerprint density at radius 3 is 2.75 bits per heavy atom. The number of urea groups is 1. The van der Waals surface area contributed by atoms with Crippen LogP contribution in [-0.4, -0.2) is 30.6 Å². The van der Waals surface area contributed by atoms with Crippen molar-refractivity contribution < 1.29 is 23.9 Å². The molecule has 1 heterocycles. The van der Waals surface area contributed by atoms with Gasteiger partial charge in [0.05, 0.1) is 0 Å². The van der Waals surface area contributed by atoms with Crippen molar-refractivity contribution in [2.45, 2.75) is 38.6 Å². The Morgan fingerprint density at radius 1 is 1.29 bits per heavy atom. The van der Waals surface area contributed by atoms with Crippen molar-refractivity contribution in [1.82, 2.24) is 10.6 Å². The van der Waals surface area contributed by atoms with Gasteiger partial charge in [0.2, 0.25) is 0 Å². The van der Waals surface area contributed by atoms with Crippen molar-refractivity contribution in [3.63, 3.8) is 0 Å². The van der Waals surface area contributed by atoms with E-state index in [1.54, 1.807) is 0 Å². The number of rotatable bonds is 4. The van der Waals surface area contributed by atoms with E-state index in [0.29, 0.717) is 10.6 Å². The predicted octanol–water partition coefficient (Wildman–Crippen LogP) is 0.881. The molecular weight excluding hydrogens is 314 g/mol. The van der Waals surface area contributed by atoms with Crippen LogP contribution in [0.2, 0.25) is 0 Å². The van der Waals surface area contributed by atoms with Crippen LogP contribution in [0.1, 0.15) is 43.1 Å². The molecule has 24 heavy (non-hydrogen) atoms. The summed E-state index contributed by atoms with van der Waals surface area (Å²) in [6.45, 7) is 1.42. The van der Waals surface area contributed by atoms with Gasteiger partial charge < -0.3 is 15.3 Å². The number of nitrogens with one attached hydrogen (secondary N) is 2. The molecule has 0 spiro atoms. The van der Waals surface area contributed by atoms with E-state index in [1.807, 2.05) is 0 Å². The molecule has 1 aromatic heterocycles. The van der Waals surface area contributed by atoms with Crippen molar-refractivity contribution >= 4 is 17.9 Å². The molecule has 2 rings (SSSR count). The molecule has 0 saturated heterocycles. The number of amides is 3. The smallest absolute Gasteiger partial charge is 0.405 e. The molecule has 130 valence electrons. The summed E-state index contributed by atoms with van der Waals surface area (Å²) in [6.07, 6.45) is 5.27. The van der Waals surface area contributed by atoms with Gasteiger partial charge in [-0.1, -0.05) is 19.8 Å². The maximum absolute atomic E-state index is 11.8. The van der Waals surface area contributed by atoms with Gasteiger partial charge in [0.25, 0.3) is 5.91 Å². The zero-order chi connectivity index (χ0) is 17.5. The van der Waals surface area contributed by atoms with Crippen LogP contribution in [0.5, 0.6) is 0 Å². The van der Waals surface area contributed by atoms with E-state index < -0.39 is 24.5 Å². The number of ether oxygens (including phenoxy) is 1. The minimum Gasteiger partial charge on any atom is -0.618 e. The Morgan fingerprint density at radius 2 is 2.04 bits per heavy atom. The summed E-state index contributed by atoms with van der Waals surface area (Å²) < 4.78 is 5.08. The summed E-state index contributed by atoms with van der Waals surface area (Å²) in [5.41, 5.74) is -0.231. The van der Waals surface area contributed by atoms with E-state index >= 15 is 0 Å². The first-order chi connectivity index (χ1) is 11.5. The number of hydrogen-bond acceptors (Lipinski definition) is 5. The maximum Gasteiger partial charge on any atom is 0.405 e. The number of nitrogens with zero attached hydrogens (tertiary/aromatic N) is 1. The Bertz CT molecular complexity index is 619. The van der Waals surface area contributed by atoms with Gasteiger partial charge in [-0.2, -0.15) is 4.73 Å². The molecule has 1 aliphatic carbocycles. The highest BCUT2D eigenvalue weighted by Gasteiger charge is 2.24. The lowest BCUT2D eigenvalue weighted by Gasteiger charge is -2.29. The summed E-state index contributed by atoms with van der Waals surface area (Å²) in [7, 11) is 0. The lowest BCUT2D eigenvalue weighted by atomic mass is 9.86. The monoisotopic (exact) mass is 335 g/mol. The first kappa shape index (κ1) is 17.7. The van der Waals surface area contributed by atoms with Gasteiger partial charge >= 0.3 is 17.7 Å². The summed E-state index contributed by atoms with van der Waals surface area (Å²) in [5, 5.41) is 16.3. The van der Waals surface area contributed by atoms with Gasteiger partial charge in [-0.05, 0) is 24.8 Å². The molecular formula is C16H21N3O5. The van der Waals surface area contributed by atoms with E-state index in [-0.39, 0.29) is 11.7 Å². The largest absolute Gasteiger partial charge is 0.618 e. The molecule has 2 N–H and O–H groups in total. The van der Waals surface area contributed by atoms with Crippen LogP contribution in [-0.2, 0) is 9.53 Å². The van der Waals surface area contributed by atoms with Crippen molar-refractivity contribution in [2.75, 3.05) is 6.61 Å². The van der Waals surface area contributed by atoms with Gasteiger partial charge in [0, 0.05) is 18.2 Å². The van der Waals surface area contributed by atoms with Crippen LogP contribution in [0.25, 0.3) is 0 Å². The van der Waals surface area contributed by atoms with Gasteiger partial charge in [0.1, 0.15) is 0 Å². The molecule has 1 fully saturated rings. The Labute approximate surface area is 139 Å². The zero-order valence-electron chi connectivity index (χ0n) is 13.5. The van der Waals surface area contributed by atoms with Gasteiger partial charge in [0.15, 0.2) is 12.8 Å². The standard InChI is InChI=1S/C16H21N3O5/c1-11-6-2-3-7-12(11)17-16(22)18-14(20)10-24-15(21)13-8-4-5-9-19(13)23/h4-5,8-9,11-12H,2-3,6-7,10H2,1H3,(H2,17,18,20,22)/t11-,12+/m0/s1. The molecule has 8 heteroatoms. The SMILES string of the molecule is C[C@H]1CCCC[C@H]1NC(=O)NC(=O)COC(=O)c1cccc[n+]1[O-]. The third-order valence-corrected chi connectivity index (χ3v) is 4.05. The van der Waals surface area contributed by atoms with Gasteiger partial charge in [-0.25, -0.2) is 9.59 Å². The van der Waals surface area contributed by atoms with Crippen molar-refractivity contribution in [2.24, 2.45) is 5.92 Å². The molecule has 0 aliphatic heterocycles. The van der Waals surface area contributed by atoms with Crippen LogP contribution in [0.4, 0.5) is 4.79 Å². The van der Waals surface area contributed by atoms with E-state index in [0.717, 1.165) is 31.9 Å². The second-order valence-corrected chi connectivity index (χ2v) is 5.88. The highest BCUT2D eigenvalue weighted by Crippen LogP contribution is 2.23. The third-order valence-electron chi connectivity index (χ3n) is 4.05. The molecule has 0 aromatic carbocycles. The topological polar surface area (TPSA) is 111 Å². The van der Waals surface area contributed by atoms with Gasteiger partial charge in [-0.15, -0.1) is 0 Å². The van der Waals surface area contributed by atoms with Crippen molar-refractivity contribution in [3.8, 4) is 0 Å². The normalized spacial score (nSPS) is 20.0. The fourth-order valence-corrected chi connectivity index (χ4v) is 2.69. The van der Waals surface area contributed by atoms with E-state index in [1.165, 1.54) is 18.2 Å². The summed E-state index contributed by atoms with van der Waals surface area (Å²) in [6, 6.07) is 3.69. The van der Waals surface area contributed by atoms with Gasteiger partial charge in [-0.3, -0.25) is 10.1 Å². The first-order valence-corrected chi connectivity index (χ1v) is 7.93. The quantitative estimate of drug-likeness (QED) is 0.482. The fraction of sp³-hybridized carbons (Fsp3) is 0.500. The van der Waals surface area contributed by atoms with Crippen molar-refractivity contribution in [3.05, 3.63) is 35.3 Å². The molecule has 2 atom stereocenters. The maximum atomic E-state index is 11.8. The number of carbonyl (C=O) groups is 3. The molecule has 1 saturated carbocycles. The lowest BCUT2D eigenvalue weighted by Crippen LogP contribution is -2.48. The number of esters is 1. The second kappa shape index (κ2) is 8.28. The highest BCUT2D eigenvalue weighted by atomic mass is 16.5. The number of carbonyl (C=O) groups excluding carboxylic acids is 3. The summed E-state index contributed by atoms with van der Waals surface area (Å²) in [4.78, 5) is 35.2. The van der Waals surface area contributed by atoms with Crippen LogP contribution in [0.15, 0.2) is 24.4 Å². The van der Waals surface area contributed by atoms with Crippen LogP contribution in [0, 0.1) is 11.1 Å². The number of aromatic nitrogens is 1.